The number of para-hydroxylation sites is 2. The maximum atomic E-state index is 4.70. The van der Waals surface area contributed by atoms with Gasteiger partial charge in [-0.1, -0.05) is 30.3 Å². The van der Waals surface area contributed by atoms with Crippen molar-refractivity contribution in [3.8, 4) is 0 Å². The predicted octanol–water partition coefficient (Wildman–Crippen LogP) is 3.37. The van der Waals surface area contributed by atoms with Gasteiger partial charge >= 0.3 is 0 Å². The molecule has 1 aliphatic rings. The molecule has 0 radical (unpaired) electrons. The van der Waals surface area contributed by atoms with E-state index in [4.69, 9.17) is 4.98 Å². The molecule has 0 amide bonds. The predicted molar refractivity (Wildman–Crippen MR) is 86.2 cm³/mol. The first kappa shape index (κ1) is 12.1. The van der Waals surface area contributed by atoms with Crippen molar-refractivity contribution in [3.05, 3.63) is 54.1 Å². The van der Waals surface area contributed by atoms with Gasteiger partial charge in [-0.25, -0.2) is 4.98 Å². The molecule has 0 saturated carbocycles. The largest absolute Gasteiger partial charge is 0.357 e. The Morgan fingerprint density at radius 3 is 2.71 bits per heavy atom. The van der Waals surface area contributed by atoms with Crippen LogP contribution in [0.5, 0.6) is 0 Å². The summed E-state index contributed by atoms with van der Waals surface area (Å²) in [7, 11) is 1.85. The van der Waals surface area contributed by atoms with Gasteiger partial charge in [0.2, 0.25) is 5.95 Å². The third kappa shape index (κ3) is 1.91. The average molecular weight is 276 g/mol. The molecule has 0 aliphatic carbocycles. The van der Waals surface area contributed by atoms with Crippen molar-refractivity contribution in [2.75, 3.05) is 23.8 Å². The Morgan fingerprint density at radius 1 is 1.00 bits per heavy atom. The second-order valence-electron chi connectivity index (χ2n) is 5.17. The third-order valence-corrected chi connectivity index (χ3v) is 3.95. The summed E-state index contributed by atoms with van der Waals surface area (Å²) in [5.74, 6) is 1.64. The Hall–Kier alpha value is -2.62. The summed E-state index contributed by atoms with van der Waals surface area (Å²) >= 11 is 0. The van der Waals surface area contributed by atoms with Crippen molar-refractivity contribution in [2.45, 2.75) is 6.42 Å². The van der Waals surface area contributed by atoms with E-state index in [-0.39, 0.29) is 0 Å². The van der Waals surface area contributed by atoms with Gasteiger partial charge in [-0.3, -0.25) is 0 Å². The lowest BCUT2D eigenvalue weighted by Gasteiger charge is -2.20. The molecular weight excluding hydrogens is 260 g/mol. The number of benzene rings is 2. The van der Waals surface area contributed by atoms with Crippen molar-refractivity contribution >= 4 is 28.4 Å². The molecular formula is C17H16N4. The number of aromatic nitrogens is 2. The Bertz CT molecular complexity index is 813. The summed E-state index contributed by atoms with van der Waals surface area (Å²) in [6.45, 7) is 0.962. The van der Waals surface area contributed by atoms with E-state index in [1.807, 2.05) is 25.2 Å². The van der Waals surface area contributed by atoms with Crippen LogP contribution >= 0.6 is 0 Å². The van der Waals surface area contributed by atoms with Crippen LogP contribution in [0.2, 0.25) is 0 Å². The highest BCUT2D eigenvalue weighted by Crippen LogP contribution is 2.36. The van der Waals surface area contributed by atoms with Gasteiger partial charge in [-0.15, -0.1) is 0 Å². The fourth-order valence-corrected chi connectivity index (χ4v) is 2.94. The second kappa shape index (κ2) is 4.74. The Labute approximate surface area is 123 Å². The Balaban J connectivity index is 1.95. The molecule has 2 aromatic carbocycles. The molecule has 0 unspecified atom stereocenters. The summed E-state index contributed by atoms with van der Waals surface area (Å²) < 4.78 is 0. The van der Waals surface area contributed by atoms with E-state index >= 15 is 0 Å². The molecule has 0 saturated heterocycles. The van der Waals surface area contributed by atoms with Gasteiger partial charge in [-0.05, 0) is 30.2 Å². The Morgan fingerprint density at radius 2 is 1.81 bits per heavy atom. The molecule has 21 heavy (non-hydrogen) atoms. The fraction of sp³-hybridized carbons (Fsp3) is 0.176. The molecule has 4 rings (SSSR count). The van der Waals surface area contributed by atoms with Crippen LogP contribution in [-0.4, -0.2) is 23.6 Å². The number of fused-ring (bicyclic) bond motifs is 2. The molecule has 0 bridgehead atoms. The number of anilines is 3. The van der Waals surface area contributed by atoms with Gasteiger partial charge in [0, 0.05) is 24.7 Å². The number of hydrogen-bond acceptors (Lipinski definition) is 4. The molecule has 2 heterocycles. The normalized spacial score (nSPS) is 13.5. The molecule has 0 spiro atoms. The zero-order valence-electron chi connectivity index (χ0n) is 11.9. The summed E-state index contributed by atoms with van der Waals surface area (Å²) in [4.78, 5) is 11.5. The molecule has 104 valence electrons. The molecule has 1 aliphatic heterocycles. The highest BCUT2D eigenvalue weighted by molar-refractivity contribution is 5.93. The van der Waals surface area contributed by atoms with Crippen LogP contribution < -0.4 is 10.2 Å². The molecule has 1 aromatic heterocycles. The number of nitrogens with one attached hydrogen (secondary N) is 1. The van der Waals surface area contributed by atoms with E-state index in [2.05, 4.69) is 45.5 Å². The smallest absolute Gasteiger partial charge is 0.224 e. The highest BCUT2D eigenvalue weighted by Gasteiger charge is 2.23. The van der Waals surface area contributed by atoms with Crippen LogP contribution in [0.4, 0.5) is 17.5 Å². The van der Waals surface area contributed by atoms with Crippen molar-refractivity contribution in [3.63, 3.8) is 0 Å². The van der Waals surface area contributed by atoms with Gasteiger partial charge in [-0.2, -0.15) is 4.98 Å². The highest BCUT2D eigenvalue weighted by atomic mass is 15.2. The maximum Gasteiger partial charge on any atom is 0.224 e. The average Bonchev–Trinajstić information content (AvgIpc) is 2.97. The first-order valence-corrected chi connectivity index (χ1v) is 7.17. The molecule has 4 heteroatoms. The lowest BCUT2D eigenvalue weighted by atomic mass is 10.2. The zero-order chi connectivity index (χ0) is 14.2. The Kier molecular flexibility index (Phi) is 2.74. The minimum absolute atomic E-state index is 0.660. The maximum absolute atomic E-state index is 4.70. The standard InChI is InChI=1S/C17H16N4/c1-18-17-19-14-8-4-3-7-13(14)16(20-17)21-11-10-12-6-2-5-9-15(12)21/h2-9H,10-11H2,1H3,(H,18,19,20). The molecule has 0 fully saturated rings. The van der Waals surface area contributed by atoms with Gasteiger partial charge < -0.3 is 10.2 Å². The monoisotopic (exact) mass is 276 g/mol. The summed E-state index contributed by atoms with van der Waals surface area (Å²) in [5, 5.41) is 4.15. The quantitative estimate of drug-likeness (QED) is 0.779. The lowest BCUT2D eigenvalue weighted by Crippen LogP contribution is -2.16. The fourth-order valence-electron chi connectivity index (χ4n) is 2.94. The van der Waals surface area contributed by atoms with Crippen LogP contribution in [0, 0.1) is 0 Å². The van der Waals surface area contributed by atoms with E-state index in [1.165, 1.54) is 11.3 Å². The van der Waals surface area contributed by atoms with Crippen molar-refractivity contribution in [1.29, 1.82) is 0 Å². The number of nitrogens with zero attached hydrogens (tertiary/aromatic N) is 3. The summed E-state index contributed by atoms with van der Waals surface area (Å²) in [6, 6.07) is 16.7. The zero-order valence-corrected chi connectivity index (χ0v) is 11.9. The lowest BCUT2D eigenvalue weighted by molar-refractivity contribution is 0.975. The van der Waals surface area contributed by atoms with Gasteiger partial charge in [0.15, 0.2) is 0 Å². The molecule has 1 N–H and O–H groups in total. The SMILES string of the molecule is CNc1nc(N2CCc3ccccc32)c2ccccc2n1. The van der Waals surface area contributed by atoms with Crippen LogP contribution in [0.15, 0.2) is 48.5 Å². The van der Waals surface area contributed by atoms with Crippen molar-refractivity contribution in [2.24, 2.45) is 0 Å². The molecule has 3 aromatic rings. The minimum Gasteiger partial charge on any atom is -0.357 e. The van der Waals surface area contributed by atoms with Gasteiger partial charge in [0.25, 0.3) is 0 Å². The van der Waals surface area contributed by atoms with E-state index in [9.17, 15) is 0 Å². The van der Waals surface area contributed by atoms with Crippen LogP contribution in [0.3, 0.4) is 0 Å². The first-order valence-electron chi connectivity index (χ1n) is 7.17. The third-order valence-electron chi connectivity index (χ3n) is 3.95. The minimum atomic E-state index is 0.660. The summed E-state index contributed by atoms with van der Waals surface area (Å²) in [5.41, 5.74) is 3.60. The van der Waals surface area contributed by atoms with E-state index in [1.54, 1.807) is 0 Å². The van der Waals surface area contributed by atoms with E-state index < -0.39 is 0 Å². The topological polar surface area (TPSA) is 41.1 Å². The van der Waals surface area contributed by atoms with Crippen LogP contribution in [-0.2, 0) is 6.42 Å². The number of hydrogen-bond donors (Lipinski definition) is 1. The van der Waals surface area contributed by atoms with Crippen LogP contribution in [0.25, 0.3) is 10.9 Å². The van der Waals surface area contributed by atoms with E-state index in [0.29, 0.717) is 5.95 Å². The van der Waals surface area contributed by atoms with Crippen molar-refractivity contribution in [1.82, 2.24) is 9.97 Å². The molecule has 0 atom stereocenters. The van der Waals surface area contributed by atoms with E-state index in [0.717, 1.165) is 29.7 Å². The van der Waals surface area contributed by atoms with Gasteiger partial charge in [0.05, 0.1) is 5.52 Å². The first-order chi connectivity index (χ1) is 10.4. The number of rotatable bonds is 2. The van der Waals surface area contributed by atoms with Gasteiger partial charge in [0.1, 0.15) is 5.82 Å². The van der Waals surface area contributed by atoms with Crippen molar-refractivity contribution < 1.29 is 0 Å². The summed E-state index contributed by atoms with van der Waals surface area (Å²) in [6.07, 6.45) is 1.06. The second-order valence-corrected chi connectivity index (χ2v) is 5.17. The molecule has 4 nitrogen and oxygen atoms in total. The van der Waals surface area contributed by atoms with Crippen LogP contribution in [0.1, 0.15) is 5.56 Å².